The summed E-state index contributed by atoms with van der Waals surface area (Å²) in [5.74, 6) is 0.961. The fourth-order valence-electron chi connectivity index (χ4n) is 1.40. The van der Waals surface area contributed by atoms with Crippen molar-refractivity contribution in [2.75, 3.05) is 5.73 Å². The van der Waals surface area contributed by atoms with Gasteiger partial charge >= 0.3 is 0 Å². The lowest BCUT2D eigenvalue weighted by Gasteiger charge is -2.03. The van der Waals surface area contributed by atoms with E-state index in [4.69, 9.17) is 5.73 Å². The van der Waals surface area contributed by atoms with E-state index in [0.717, 1.165) is 15.9 Å². The Kier molecular flexibility index (Phi) is 3.91. The molecule has 0 bridgehead atoms. The number of rotatable bonds is 3. The smallest absolute Gasteiger partial charge is 0.0325 e. The van der Waals surface area contributed by atoms with Gasteiger partial charge in [-0.25, -0.2) is 0 Å². The summed E-state index contributed by atoms with van der Waals surface area (Å²) in [6, 6.07) is 16.3. The molecule has 0 aliphatic carbocycles. The average Bonchev–Trinajstić information content (AvgIpc) is 2.27. The molecule has 0 heterocycles. The molecular formula is C13H12BrNS. The van der Waals surface area contributed by atoms with E-state index in [1.165, 1.54) is 10.5 Å². The van der Waals surface area contributed by atoms with Gasteiger partial charge in [0.25, 0.3) is 0 Å². The molecule has 2 aromatic rings. The first kappa shape index (κ1) is 11.6. The largest absolute Gasteiger partial charge is 0.399 e. The van der Waals surface area contributed by atoms with Crippen LogP contribution in [0.5, 0.6) is 0 Å². The molecule has 0 fully saturated rings. The van der Waals surface area contributed by atoms with Gasteiger partial charge in [0.05, 0.1) is 0 Å². The number of anilines is 1. The van der Waals surface area contributed by atoms with Crippen molar-refractivity contribution >= 4 is 33.4 Å². The normalized spacial score (nSPS) is 10.3. The van der Waals surface area contributed by atoms with Crippen LogP contribution in [0, 0.1) is 0 Å². The van der Waals surface area contributed by atoms with Crippen LogP contribution >= 0.6 is 27.7 Å². The molecule has 0 unspecified atom stereocenters. The highest BCUT2D eigenvalue weighted by Gasteiger charge is 1.97. The molecule has 0 aliphatic rings. The van der Waals surface area contributed by atoms with Gasteiger partial charge < -0.3 is 5.73 Å². The maximum Gasteiger partial charge on any atom is 0.0325 e. The number of nitrogens with two attached hydrogens (primary N) is 1. The first-order valence-electron chi connectivity index (χ1n) is 4.97. The molecule has 82 valence electrons. The van der Waals surface area contributed by atoms with Gasteiger partial charge in [-0.2, -0.15) is 0 Å². The summed E-state index contributed by atoms with van der Waals surface area (Å²) in [5.41, 5.74) is 7.86. The molecule has 0 atom stereocenters. The van der Waals surface area contributed by atoms with Crippen LogP contribution in [0.3, 0.4) is 0 Å². The summed E-state index contributed by atoms with van der Waals surface area (Å²) in [7, 11) is 0. The average molecular weight is 294 g/mol. The van der Waals surface area contributed by atoms with Crippen molar-refractivity contribution in [2.24, 2.45) is 0 Å². The summed E-state index contributed by atoms with van der Waals surface area (Å²) in [5, 5.41) is 0. The molecule has 0 saturated heterocycles. The van der Waals surface area contributed by atoms with E-state index in [0.29, 0.717) is 0 Å². The second-order valence-corrected chi connectivity index (χ2v) is 5.46. The lowest BCUT2D eigenvalue weighted by molar-refractivity contribution is 1.37. The number of nitrogen functional groups attached to an aromatic ring is 1. The van der Waals surface area contributed by atoms with Gasteiger partial charge in [-0.05, 0) is 35.9 Å². The monoisotopic (exact) mass is 293 g/mol. The van der Waals surface area contributed by atoms with E-state index < -0.39 is 0 Å². The Morgan fingerprint density at radius 2 is 1.88 bits per heavy atom. The lowest BCUT2D eigenvalue weighted by atomic mass is 10.2. The van der Waals surface area contributed by atoms with Crippen molar-refractivity contribution in [3.05, 3.63) is 58.6 Å². The Balaban J connectivity index is 2.02. The van der Waals surface area contributed by atoms with Crippen LogP contribution in [0.15, 0.2) is 57.9 Å². The van der Waals surface area contributed by atoms with Crippen LogP contribution in [-0.4, -0.2) is 0 Å². The molecule has 3 heteroatoms. The second-order valence-electron chi connectivity index (χ2n) is 3.49. The van der Waals surface area contributed by atoms with Crippen molar-refractivity contribution in [1.29, 1.82) is 0 Å². The Hall–Kier alpha value is -0.930. The zero-order chi connectivity index (χ0) is 11.4. The summed E-state index contributed by atoms with van der Waals surface area (Å²) in [6.07, 6.45) is 0. The quantitative estimate of drug-likeness (QED) is 0.674. The first-order valence-corrected chi connectivity index (χ1v) is 6.75. The second kappa shape index (κ2) is 5.41. The van der Waals surface area contributed by atoms with E-state index >= 15 is 0 Å². The molecule has 2 aromatic carbocycles. The van der Waals surface area contributed by atoms with Crippen molar-refractivity contribution in [3.63, 3.8) is 0 Å². The molecule has 0 saturated carbocycles. The van der Waals surface area contributed by atoms with Gasteiger partial charge in [-0.15, -0.1) is 11.8 Å². The van der Waals surface area contributed by atoms with Crippen LogP contribution in [0.2, 0.25) is 0 Å². The van der Waals surface area contributed by atoms with E-state index in [9.17, 15) is 0 Å². The zero-order valence-corrected chi connectivity index (χ0v) is 11.1. The van der Waals surface area contributed by atoms with Gasteiger partial charge in [0.2, 0.25) is 0 Å². The number of benzene rings is 2. The van der Waals surface area contributed by atoms with Crippen LogP contribution in [0.25, 0.3) is 0 Å². The van der Waals surface area contributed by atoms with E-state index in [1.807, 2.05) is 24.3 Å². The Labute approximate surface area is 108 Å². The van der Waals surface area contributed by atoms with Gasteiger partial charge in [0.15, 0.2) is 0 Å². The third kappa shape index (κ3) is 3.29. The van der Waals surface area contributed by atoms with E-state index in [2.05, 4.69) is 40.2 Å². The maximum atomic E-state index is 5.73. The van der Waals surface area contributed by atoms with Gasteiger partial charge in [-0.1, -0.05) is 34.1 Å². The molecule has 2 rings (SSSR count). The SMILES string of the molecule is Nc1cccc(SCc2cccc(Br)c2)c1. The highest BCUT2D eigenvalue weighted by molar-refractivity contribution is 9.10. The number of halogens is 1. The molecule has 1 nitrogen and oxygen atoms in total. The first-order chi connectivity index (χ1) is 7.74. The number of thioether (sulfide) groups is 1. The molecular weight excluding hydrogens is 282 g/mol. The third-order valence-corrected chi connectivity index (χ3v) is 3.71. The summed E-state index contributed by atoms with van der Waals surface area (Å²) in [6.45, 7) is 0. The zero-order valence-electron chi connectivity index (χ0n) is 8.69. The molecule has 0 amide bonds. The minimum Gasteiger partial charge on any atom is -0.399 e. The van der Waals surface area contributed by atoms with Crippen LogP contribution in [-0.2, 0) is 5.75 Å². The van der Waals surface area contributed by atoms with Crippen molar-refractivity contribution in [3.8, 4) is 0 Å². The summed E-state index contributed by atoms with van der Waals surface area (Å²) < 4.78 is 1.12. The van der Waals surface area contributed by atoms with Gasteiger partial charge in [0.1, 0.15) is 0 Å². The highest BCUT2D eigenvalue weighted by atomic mass is 79.9. The topological polar surface area (TPSA) is 26.0 Å². The fourth-order valence-corrected chi connectivity index (χ4v) is 2.75. The Morgan fingerprint density at radius 1 is 1.06 bits per heavy atom. The van der Waals surface area contributed by atoms with Crippen LogP contribution < -0.4 is 5.73 Å². The molecule has 0 aromatic heterocycles. The molecule has 16 heavy (non-hydrogen) atoms. The standard InChI is InChI=1S/C13H12BrNS/c14-11-4-1-3-10(7-11)9-16-13-6-2-5-12(15)8-13/h1-8H,9,15H2. The van der Waals surface area contributed by atoms with Crippen LogP contribution in [0.4, 0.5) is 5.69 Å². The van der Waals surface area contributed by atoms with Crippen molar-refractivity contribution in [1.82, 2.24) is 0 Å². The third-order valence-electron chi connectivity index (χ3n) is 2.15. The molecule has 0 spiro atoms. The van der Waals surface area contributed by atoms with Crippen LogP contribution in [0.1, 0.15) is 5.56 Å². The predicted molar refractivity (Wildman–Crippen MR) is 74.6 cm³/mol. The predicted octanol–water partition coefficient (Wildman–Crippen LogP) is 4.32. The summed E-state index contributed by atoms with van der Waals surface area (Å²) >= 11 is 5.27. The van der Waals surface area contributed by atoms with Crippen molar-refractivity contribution < 1.29 is 0 Å². The van der Waals surface area contributed by atoms with E-state index in [1.54, 1.807) is 11.8 Å². The highest BCUT2D eigenvalue weighted by Crippen LogP contribution is 2.25. The Morgan fingerprint density at radius 3 is 2.62 bits per heavy atom. The Bertz CT molecular complexity index is 439. The minimum atomic E-state index is 0.819. The molecule has 0 aliphatic heterocycles. The number of hydrogen-bond donors (Lipinski definition) is 1. The van der Waals surface area contributed by atoms with Gasteiger partial charge in [-0.3, -0.25) is 0 Å². The lowest BCUT2D eigenvalue weighted by Crippen LogP contribution is -1.84. The maximum absolute atomic E-state index is 5.73. The van der Waals surface area contributed by atoms with E-state index in [-0.39, 0.29) is 0 Å². The minimum absolute atomic E-state index is 0.819. The van der Waals surface area contributed by atoms with Gasteiger partial charge in [0, 0.05) is 20.8 Å². The number of hydrogen-bond acceptors (Lipinski definition) is 2. The molecule has 2 N–H and O–H groups in total. The van der Waals surface area contributed by atoms with Crippen molar-refractivity contribution in [2.45, 2.75) is 10.6 Å². The fraction of sp³-hybridized carbons (Fsp3) is 0.0769. The summed E-state index contributed by atoms with van der Waals surface area (Å²) in [4.78, 5) is 1.21. The molecule has 0 radical (unpaired) electrons.